The first kappa shape index (κ1) is 23.9. The zero-order valence-electron chi connectivity index (χ0n) is 19.9. The molecule has 0 bridgehead atoms. The third-order valence-corrected chi connectivity index (χ3v) is 6.39. The summed E-state index contributed by atoms with van der Waals surface area (Å²) in [7, 11) is 1.46. The summed E-state index contributed by atoms with van der Waals surface area (Å²) < 4.78 is 47.8. The van der Waals surface area contributed by atoms with E-state index in [1.807, 2.05) is 43.3 Å². The van der Waals surface area contributed by atoms with Gasteiger partial charge in [0.1, 0.15) is 5.75 Å². The van der Waals surface area contributed by atoms with Crippen LogP contribution >= 0.6 is 0 Å². The normalized spacial score (nSPS) is 14.7. The molecule has 2 aromatic carbocycles. The van der Waals surface area contributed by atoms with Crippen LogP contribution in [0.4, 0.5) is 13.2 Å². The molecular formula is C26H25F3N6O. The number of alkyl halides is 3. The van der Waals surface area contributed by atoms with Crippen molar-refractivity contribution in [3.8, 4) is 11.4 Å². The number of para-hydroxylation sites is 1. The number of rotatable bonds is 8. The van der Waals surface area contributed by atoms with Gasteiger partial charge in [-0.3, -0.25) is 9.88 Å². The average molecular weight is 495 g/mol. The van der Waals surface area contributed by atoms with Gasteiger partial charge in [-0.05, 0) is 71.7 Å². The number of aromatic nitrogens is 5. The number of nitrogens with zero attached hydrogens (tertiary/aromatic N) is 6. The van der Waals surface area contributed by atoms with E-state index in [0.29, 0.717) is 17.1 Å². The Labute approximate surface area is 206 Å². The summed E-state index contributed by atoms with van der Waals surface area (Å²) in [5.74, 6) is 0.965. The molecule has 0 radical (unpaired) electrons. The third-order valence-electron chi connectivity index (χ3n) is 6.39. The van der Waals surface area contributed by atoms with Crippen molar-refractivity contribution in [1.82, 2.24) is 30.1 Å². The van der Waals surface area contributed by atoms with Crippen LogP contribution in [0.25, 0.3) is 5.69 Å². The van der Waals surface area contributed by atoms with Crippen molar-refractivity contribution < 1.29 is 17.9 Å². The molecule has 2 aromatic heterocycles. The average Bonchev–Trinajstić information content (AvgIpc) is 3.61. The smallest absolute Gasteiger partial charge is 0.416 e. The molecule has 1 aliphatic carbocycles. The quantitative estimate of drug-likeness (QED) is 0.338. The Kier molecular flexibility index (Phi) is 6.44. The summed E-state index contributed by atoms with van der Waals surface area (Å²) in [5, 5.41) is 12.7. The Bertz CT molecular complexity index is 1340. The summed E-state index contributed by atoms with van der Waals surface area (Å²) in [6.45, 7) is 2.20. The molecule has 0 spiro atoms. The van der Waals surface area contributed by atoms with Crippen LogP contribution in [0, 0.1) is 6.92 Å². The highest BCUT2D eigenvalue weighted by molar-refractivity contribution is 5.42. The van der Waals surface area contributed by atoms with Crippen molar-refractivity contribution >= 4 is 0 Å². The molecule has 5 rings (SSSR count). The fraction of sp³-hybridized carbons (Fsp3) is 0.308. The van der Waals surface area contributed by atoms with Crippen LogP contribution in [-0.4, -0.2) is 43.2 Å². The van der Waals surface area contributed by atoms with Crippen LogP contribution in [0.15, 0.2) is 67.0 Å². The van der Waals surface area contributed by atoms with Crippen molar-refractivity contribution in [2.45, 2.75) is 44.6 Å². The van der Waals surface area contributed by atoms with E-state index in [0.717, 1.165) is 35.7 Å². The van der Waals surface area contributed by atoms with Crippen LogP contribution in [0.2, 0.25) is 0 Å². The lowest BCUT2D eigenvalue weighted by molar-refractivity contribution is -0.137. The number of hydrogen-bond acceptors (Lipinski definition) is 6. The Balaban J connectivity index is 1.63. The highest BCUT2D eigenvalue weighted by Gasteiger charge is 2.39. The monoisotopic (exact) mass is 494 g/mol. The maximum absolute atomic E-state index is 13.5. The fourth-order valence-electron chi connectivity index (χ4n) is 4.48. The van der Waals surface area contributed by atoms with Gasteiger partial charge < -0.3 is 4.74 Å². The molecule has 1 fully saturated rings. The lowest BCUT2D eigenvalue weighted by Crippen LogP contribution is -2.33. The second-order valence-electron chi connectivity index (χ2n) is 8.85. The van der Waals surface area contributed by atoms with Crippen LogP contribution in [0.5, 0.6) is 5.75 Å². The summed E-state index contributed by atoms with van der Waals surface area (Å²) in [4.78, 5) is 6.46. The van der Waals surface area contributed by atoms with Gasteiger partial charge in [-0.15, -0.1) is 5.10 Å². The first-order chi connectivity index (χ1) is 17.4. The van der Waals surface area contributed by atoms with Crippen molar-refractivity contribution in [1.29, 1.82) is 0 Å². The van der Waals surface area contributed by atoms with Crippen molar-refractivity contribution in [2.24, 2.45) is 0 Å². The second kappa shape index (κ2) is 9.69. The van der Waals surface area contributed by atoms with Gasteiger partial charge in [0.2, 0.25) is 0 Å². The molecule has 186 valence electrons. The van der Waals surface area contributed by atoms with E-state index in [4.69, 9.17) is 4.74 Å². The van der Waals surface area contributed by atoms with Crippen LogP contribution in [0.1, 0.15) is 47.0 Å². The molecule has 36 heavy (non-hydrogen) atoms. The molecule has 1 atom stereocenters. The molecule has 1 unspecified atom stereocenters. The number of halogens is 3. The fourth-order valence-corrected chi connectivity index (χ4v) is 4.48. The second-order valence-corrected chi connectivity index (χ2v) is 8.85. The Morgan fingerprint density at radius 2 is 1.92 bits per heavy atom. The number of pyridine rings is 1. The molecular weight excluding hydrogens is 469 g/mol. The maximum Gasteiger partial charge on any atom is 0.416 e. The Hall–Kier alpha value is -3.79. The highest BCUT2D eigenvalue weighted by Crippen LogP contribution is 2.41. The molecule has 7 nitrogen and oxygen atoms in total. The molecule has 4 aromatic rings. The molecule has 1 aliphatic rings. The zero-order chi connectivity index (χ0) is 25.3. The van der Waals surface area contributed by atoms with Gasteiger partial charge in [0.05, 0.1) is 24.4 Å². The van der Waals surface area contributed by atoms with E-state index in [1.54, 1.807) is 17.1 Å². The largest absolute Gasteiger partial charge is 0.496 e. The topological polar surface area (TPSA) is 69.0 Å². The molecule has 0 saturated heterocycles. The van der Waals surface area contributed by atoms with Crippen LogP contribution in [-0.2, 0) is 12.7 Å². The van der Waals surface area contributed by atoms with Crippen molar-refractivity contribution in [3.05, 3.63) is 95.1 Å². The molecule has 0 aliphatic heterocycles. The van der Waals surface area contributed by atoms with Gasteiger partial charge in [0.25, 0.3) is 0 Å². The van der Waals surface area contributed by atoms with Gasteiger partial charge in [-0.2, -0.15) is 17.9 Å². The van der Waals surface area contributed by atoms with E-state index < -0.39 is 17.8 Å². The zero-order valence-corrected chi connectivity index (χ0v) is 19.9. The molecule has 2 heterocycles. The summed E-state index contributed by atoms with van der Waals surface area (Å²) in [6.07, 6.45) is 0.819. The SMILES string of the molecule is COc1ccc(C(F)(F)F)cc1CN(C1CC1)C(c1cccnc1)c1nnnn1-c1ccccc1C. The van der Waals surface area contributed by atoms with Gasteiger partial charge in [0, 0.05) is 30.5 Å². The summed E-state index contributed by atoms with van der Waals surface area (Å²) in [6, 6.07) is 14.8. The number of ether oxygens (including phenoxy) is 1. The number of aryl methyl sites for hydroxylation is 1. The number of tetrazole rings is 1. The predicted molar refractivity (Wildman–Crippen MR) is 127 cm³/mol. The first-order valence-electron chi connectivity index (χ1n) is 11.6. The van der Waals surface area contributed by atoms with E-state index in [1.165, 1.54) is 19.2 Å². The third kappa shape index (κ3) is 4.81. The van der Waals surface area contributed by atoms with E-state index >= 15 is 0 Å². The lowest BCUT2D eigenvalue weighted by atomic mass is 10.0. The van der Waals surface area contributed by atoms with E-state index in [9.17, 15) is 13.2 Å². The minimum Gasteiger partial charge on any atom is -0.496 e. The molecule has 10 heteroatoms. The van der Waals surface area contributed by atoms with Gasteiger partial charge in [-0.25, -0.2) is 0 Å². The highest BCUT2D eigenvalue weighted by atomic mass is 19.4. The predicted octanol–water partition coefficient (Wildman–Crippen LogP) is 5.15. The van der Waals surface area contributed by atoms with Gasteiger partial charge in [-0.1, -0.05) is 24.3 Å². The molecule has 1 saturated carbocycles. The van der Waals surface area contributed by atoms with E-state index in [-0.39, 0.29) is 12.6 Å². The standard InChI is InChI=1S/C26H25F3N6O/c1-17-6-3-4-8-22(17)35-25(31-32-33-35)24(18-7-5-13-30-15-18)34(21-10-11-21)16-19-14-20(26(27,28)29)9-12-23(19)36-2/h3-9,12-15,21,24H,10-11,16H2,1-2H3. The number of benzene rings is 2. The summed E-state index contributed by atoms with van der Waals surface area (Å²) in [5.41, 5.74) is 2.41. The summed E-state index contributed by atoms with van der Waals surface area (Å²) >= 11 is 0. The lowest BCUT2D eigenvalue weighted by Gasteiger charge is -2.32. The van der Waals surface area contributed by atoms with E-state index in [2.05, 4.69) is 25.4 Å². The van der Waals surface area contributed by atoms with Crippen molar-refractivity contribution in [2.75, 3.05) is 7.11 Å². The van der Waals surface area contributed by atoms with Crippen molar-refractivity contribution in [3.63, 3.8) is 0 Å². The number of hydrogen-bond donors (Lipinski definition) is 0. The van der Waals surface area contributed by atoms with Crippen LogP contribution < -0.4 is 4.74 Å². The van der Waals surface area contributed by atoms with Crippen LogP contribution in [0.3, 0.4) is 0 Å². The minimum atomic E-state index is -4.46. The maximum atomic E-state index is 13.5. The molecule has 0 N–H and O–H groups in total. The first-order valence-corrected chi connectivity index (χ1v) is 11.6. The Morgan fingerprint density at radius 3 is 2.58 bits per heavy atom. The minimum absolute atomic E-state index is 0.150. The Morgan fingerprint density at radius 1 is 1.11 bits per heavy atom. The van der Waals surface area contributed by atoms with Gasteiger partial charge in [0.15, 0.2) is 5.82 Å². The number of methoxy groups -OCH3 is 1. The van der Waals surface area contributed by atoms with Gasteiger partial charge >= 0.3 is 6.18 Å². The molecule has 0 amide bonds.